The number of azo groups is 1. The van der Waals surface area contributed by atoms with Crippen LogP contribution in [0.5, 0.6) is 0 Å². The van der Waals surface area contributed by atoms with Gasteiger partial charge in [0.15, 0.2) is 5.82 Å². The SMILES string of the molecule is CNc1nc(N2CCCC2)cc(C)c1N=Nc1ncnn1-c1nc2ccccc2s1. The van der Waals surface area contributed by atoms with E-state index in [1.807, 2.05) is 38.2 Å². The number of pyridine rings is 1. The summed E-state index contributed by atoms with van der Waals surface area (Å²) in [5.41, 5.74) is 2.62. The lowest BCUT2D eigenvalue weighted by molar-refractivity contribution is 0.860. The Morgan fingerprint density at radius 1 is 1.10 bits per heavy atom. The van der Waals surface area contributed by atoms with Gasteiger partial charge in [0.05, 0.1) is 10.2 Å². The van der Waals surface area contributed by atoms with Crippen LogP contribution < -0.4 is 10.2 Å². The smallest absolute Gasteiger partial charge is 0.274 e. The third-order valence-corrected chi connectivity index (χ3v) is 6.08. The van der Waals surface area contributed by atoms with Crippen LogP contribution in [0, 0.1) is 6.92 Å². The molecule has 1 N–H and O–H groups in total. The van der Waals surface area contributed by atoms with Crippen LogP contribution in [0.1, 0.15) is 18.4 Å². The molecule has 0 bridgehead atoms. The fourth-order valence-electron chi connectivity index (χ4n) is 3.54. The summed E-state index contributed by atoms with van der Waals surface area (Å²) in [4.78, 5) is 15.9. The van der Waals surface area contributed by atoms with Gasteiger partial charge in [-0.2, -0.15) is 14.8 Å². The van der Waals surface area contributed by atoms with Crippen LogP contribution in [0.15, 0.2) is 46.9 Å². The van der Waals surface area contributed by atoms with Gasteiger partial charge in [0, 0.05) is 20.1 Å². The summed E-state index contributed by atoms with van der Waals surface area (Å²) >= 11 is 1.54. The third kappa shape index (κ3) is 3.39. The second-order valence-corrected chi connectivity index (χ2v) is 8.08. The molecule has 4 aromatic rings. The van der Waals surface area contributed by atoms with Gasteiger partial charge in [0.25, 0.3) is 5.95 Å². The van der Waals surface area contributed by atoms with E-state index in [1.165, 1.54) is 30.5 Å². The fourth-order valence-corrected chi connectivity index (χ4v) is 4.46. The van der Waals surface area contributed by atoms with Crippen molar-refractivity contribution in [2.24, 2.45) is 10.2 Å². The van der Waals surface area contributed by atoms with Gasteiger partial charge in [0.1, 0.15) is 17.8 Å². The quantitative estimate of drug-likeness (QED) is 0.474. The number of nitrogens with zero attached hydrogens (tertiary/aromatic N) is 8. The Bertz CT molecular complexity index is 1190. The van der Waals surface area contributed by atoms with Crippen molar-refractivity contribution in [2.45, 2.75) is 19.8 Å². The first kappa shape index (κ1) is 18.6. The van der Waals surface area contributed by atoms with Crippen LogP contribution in [-0.2, 0) is 0 Å². The van der Waals surface area contributed by atoms with Crippen molar-refractivity contribution < 1.29 is 0 Å². The van der Waals surface area contributed by atoms with E-state index >= 15 is 0 Å². The van der Waals surface area contributed by atoms with Crippen LogP contribution in [0.25, 0.3) is 15.3 Å². The van der Waals surface area contributed by atoms with Crippen LogP contribution in [0.4, 0.5) is 23.3 Å². The molecule has 3 aromatic heterocycles. The number of hydrogen-bond donors (Lipinski definition) is 1. The summed E-state index contributed by atoms with van der Waals surface area (Å²) < 4.78 is 2.69. The first-order valence-corrected chi connectivity index (χ1v) is 10.7. The van der Waals surface area contributed by atoms with E-state index in [2.05, 4.69) is 41.6 Å². The highest BCUT2D eigenvalue weighted by atomic mass is 32.1. The van der Waals surface area contributed by atoms with E-state index < -0.39 is 0 Å². The molecule has 1 aliphatic heterocycles. The minimum Gasteiger partial charge on any atom is -0.371 e. The number of hydrogen-bond acceptors (Lipinski definition) is 9. The largest absolute Gasteiger partial charge is 0.371 e. The molecule has 0 atom stereocenters. The second kappa shape index (κ2) is 7.79. The molecule has 5 rings (SSSR count). The van der Waals surface area contributed by atoms with Crippen LogP contribution in [-0.4, -0.2) is 44.9 Å². The lowest BCUT2D eigenvalue weighted by Gasteiger charge is -2.18. The lowest BCUT2D eigenvalue weighted by Crippen LogP contribution is -2.19. The third-order valence-electron chi connectivity index (χ3n) is 5.07. The van der Waals surface area contributed by atoms with E-state index in [4.69, 9.17) is 4.98 Å². The Hall–Kier alpha value is -3.40. The molecule has 10 heteroatoms. The van der Waals surface area contributed by atoms with E-state index in [0.717, 1.165) is 34.7 Å². The molecule has 1 saturated heterocycles. The maximum atomic E-state index is 4.75. The zero-order valence-corrected chi connectivity index (χ0v) is 17.6. The topological polar surface area (TPSA) is 96.5 Å². The van der Waals surface area contributed by atoms with E-state index in [1.54, 1.807) is 4.68 Å². The van der Waals surface area contributed by atoms with Gasteiger partial charge in [0.2, 0.25) is 5.13 Å². The standard InChI is InChI=1S/C20H21N9S/c1-13-11-16(28-9-5-6-10-28)25-18(21-2)17(13)26-27-19-22-12-23-29(19)20-24-14-7-3-4-8-15(14)30-20/h3-4,7-8,11-12H,5-6,9-10H2,1-2H3,(H,21,25). The van der Waals surface area contributed by atoms with E-state index in [9.17, 15) is 0 Å². The predicted octanol–water partition coefficient (Wildman–Crippen LogP) is 4.64. The molecule has 0 spiro atoms. The number of aromatic nitrogens is 5. The molecule has 0 radical (unpaired) electrons. The molecule has 0 aliphatic carbocycles. The summed E-state index contributed by atoms with van der Waals surface area (Å²) in [5, 5.41) is 17.0. The molecule has 0 amide bonds. The highest BCUT2D eigenvalue weighted by Gasteiger charge is 2.18. The molecule has 0 saturated carbocycles. The monoisotopic (exact) mass is 419 g/mol. The van der Waals surface area contributed by atoms with Gasteiger partial charge >= 0.3 is 0 Å². The minimum atomic E-state index is 0.374. The van der Waals surface area contributed by atoms with E-state index in [-0.39, 0.29) is 0 Å². The maximum Gasteiger partial charge on any atom is 0.274 e. The zero-order valence-electron chi connectivity index (χ0n) is 16.8. The van der Waals surface area contributed by atoms with Gasteiger partial charge in [-0.25, -0.2) is 9.97 Å². The van der Waals surface area contributed by atoms with Crippen molar-refractivity contribution in [3.05, 3.63) is 42.2 Å². The van der Waals surface area contributed by atoms with Gasteiger partial charge < -0.3 is 10.2 Å². The highest BCUT2D eigenvalue weighted by molar-refractivity contribution is 7.20. The molecular formula is C20H21N9S. The summed E-state index contributed by atoms with van der Waals surface area (Å²) in [6.45, 7) is 4.11. The number of aryl methyl sites for hydroxylation is 1. The average Bonchev–Trinajstić information content (AvgIpc) is 3.52. The summed E-state index contributed by atoms with van der Waals surface area (Å²) in [7, 11) is 1.85. The molecule has 30 heavy (non-hydrogen) atoms. The predicted molar refractivity (Wildman–Crippen MR) is 119 cm³/mol. The summed E-state index contributed by atoms with van der Waals surface area (Å²) in [5.74, 6) is 2.05. The number of thiazole rings is 1. The molecule has 1 aromatic carbocycles. The lowest BCUT2D eigenvalue weighted by atomic mass is 10.2. The van der Waals surface area contributed by atoms with Crippen molar-refractivity contribution in [3.8, 4) is 5.13 Å². The number of nitrogens with one attached hydrogen (secondary N) is 1. The number of fused-ring (bicyclic) bond motifs is 1. The van der Waals surface area contributed by atoms with Crippen molar-refractivity contribution in [3.63, 3.8) is 0 Å². The Morgan fingerprint density at radius 2 is 1.93 bits per heavy atom. The van der Waals surface area contributed by atoms with Gasteiger partial charge in [-0.3, -0.25) is 0 Å². The van der Waals surface area contributed by atoms with Crippen LogP contribution in [0.3, 0.4) is 0 Å². The minimum absolute atomic E-state index is 0.374. The zero-order chi connectivity index (χ0) is 20.5. The fraction of sp³-hybridized carbons (Fsp3) is 0.300. The molecule has 0 unspecified atom stereocenters. The van der Waals surface area contributed by atoms with Crippen LogP contribution >= 0.6 is 11.3 Å². The number of rotatable bonds is 5. The summed E-state index contributed by atoms with van der Waals surface area (Å²) in [6, 6.07) is 10.0. The molecule has 9 nitrogen and oxygen atoms in total. The first-order valence-electron chi connectivity index (χ1n) is 9.85. The number of benzene rings is 1. The Labute approximate surface area is 177 Å². The normalized spacial score (nSPS) is 14.3. The molecule has 4 heterocycles. The summed E-state index contributed by atoms with van der Waals surface area (Å²) in [6.07, 6.45) is 3.87. The van der Waals surface area contributed by atoms with Gasteiger partial charge in [-0.05, 0) is 43.5 Å². The number of para-hydroxylation sites is 1. The van der Waals surface area contributed by atoms with Crippen molar-refractivity contribution in [1.29, 1.82) is 0 Å². The van der Waals surface area contributed by atoms with Gasteiger partial charge in [-0.1, -0.05) is 23.5 Å². The Balaban J connectivity index is 1.48. The molecule has 1 fully saturated rings. The Morgan fingerprint density at radius 3 is 2.73 bits per heavy atom. The Kier molecular flexibility index (Phi) is 4.83. The molecule has 152 valence electrons. The first-order chi connectivity index (χ1) is 14.7. The maximum absolute atomic E-state index is 4.75. The van der Waals surface area contributed by atoms with Gasteiger partial charge in [-0.15, -0.1) is 10.2 Å². The van der Waals surface area contributed by atoms with Crippen LogP contribution in [0.2, 0.25) is 0 Å². The average molecular weight is 420 g/mol. The van der Waals surface area contributed by atoms with Crippen molar-refractivity contribution in [2.75, 3.05) is 30.4 Å². The molecule has 1 aliphatic rings. The highest BCUT2D eigenvalue weighted by Crippen LogP contribution is 2.33. The van der Waals surface area contributed by atoms with E-state index in [0.29, 0.717) is 22.6 Å². The number of anilines is 2. The molecular weight excluding hydrogens is 398 g/mol. The van der Waals surface area contributed by atoms with Crippen molar-refractivity contribution >= 4 is 44.8 Å². The second-order valence-electron chi connectivity index (χ2n) is 7.07. The van der Waals surface area contributed by atoms with Crippen molar-refractivity contribution in [1.82, 2.24) is 24.7 Å².